The molecule has 2 heterocycles. The van der Waals surface area contributed by atoms with Gasteiger partial charge in [-0.3, -0.25) is 9.67 Å². The molecule has 1 N–H and O–H groups in total. The van der Waals surface area contributed by atoms with Gasteiger partial charge in [-0.15, -0.1) is 0 Å². The number of nitrogens with zero attached hydrogens (tertiary/aromatic N) is 3. The third kappa shape index (κ3) is 3.82. The van der Waals surface area contributed by atoms with Gasteiger partial charge in [0.15, 0.2) is 0 Å². The molecule has 0 saturated heterocycles. The van der Waals surface area contributed by atoms with E-state index in [0.29, 0.717) is 11.6 Å². The Balaban J connectivity index is 1.91. The average Bonchev–Trinajstić information content (AvgIpc) is 2.77. The molecule has 0 radical (unpaired) electrons. The Bertz CT molecular complexity index is 478. The third-order valence-electron chi connectivity index (χ3n) is 2.57. The molecule has 4 nitrogen and oxygen atoms in total. The smallest absolute Gasteiger partial charge is 0.0831 e. The molecule has 0 aliphatic carbocycles. The number of pyridine rings is 1. The molecule has 0 aliphatic rings. The van der Waals surface area contributed by atoms with E-state index in [2.05, 4.69) is 28.4 Å². The lowest BCUT2D eigenvalue weighted by Gasteiger charge is -2.05. The van der Waals surface area contributed by atoms with Crippen LogP contribution >= 0.6 is 11.6 Å². The second-order valence-electron chi connectivity index (χ2n) is 4.19. The van der Waals surface area contributed by atoms with Gasteiger partial charge in [0, 0.05) is 18.9 Å². The summed E-state index contributed by atoms with van der Waals surface area (Å²) in [5.74, 6) is 0. The van der Waals surface area contributed by atoms with Crippen LogP contribution in [0.25, 0.3) is 0 Å². The van der Waals surface area contributed by atoms with Crippen LogP contribution in [-0.4, -0.2) is 21.3 Å². The molecule has 0 spiro atoms. The van der Waals surface area contributed by atoms with Crippen LogP contribution in [0.2, 0.25) is 5.02 Å². The maximum absolute atomic E-state index is 5.81. The normalized spacial score (nSPS) is 10.8. The van der Waals surface area contributed by atoms with Crippen LogP contribution in [0.5, 0.6) is 0 Å². The number of hydrogen-bond acceptors (Lipinski definition) is 3. The van der Waals surface area contributed by atoms with Gasteiger partial charge in [0.05, 0.1) is 23.5 Å². The zero-order valence-corrected chi connectivity index (χ0v) is 11.2. The second-order valence-corrected chi connectivity index (χ2v) is 4.63. The molecule has 2 aromatic heterocycles. The van der Waals surface area contributed by atoms with E-state index >= 15 is 0 Å². The lowest BCUT2D eigenvalue weighted by Crippen LogP contribution is -2.14. The summed E-state index contributed by atoms with van der Waals surface area (Å²) >= 11 is 5.81. The highest BCUT2D eigenvalue weighted by Gasteiger charge is 1.99. The van der Waals surface area contributed by atoms with E-state index in [0.717, 1.165) is 25.2 Å². The molecule has 0 fully saturated rings. The van der Waals surface area contributed by atoms with Crippen LogP contribution in [0.1, 0.15) is 24.6 Å². The summed E-state index contributed by atoms with van der Waals surface area (Å²) in [6, 6.07) is 4.12. The molecule has 18 heavy (non-hydrogen) atoms. The van der Waals surface area contributed by atoms with Crippen molar-refractivity contribution in [3.63, 3.8) is 0 Å². The molecule has 0 aliphatic heterocycles. The van der Waals surface area contributed by atoms with Gasteiger partial charge in [0.2, 0.25) is 0 Å². The van der Waals surface area contributed by atoms with E-state index in [-0.39, 0.29) is 0 Å². The van der Waals surface area contributed by atoms with Crippen molar-refractivity contribution in [2.24, 2.45) is 0 Å². The lowest BCUT2D eigenvalue weighted by molar-refractivity contribution is 0.662. The van der Waals surface area contributed by atoms with Crippen LogP contribution in [0.15, 0.2) is 30.7 Å². The molecule has 2 aromatic rings. The third-order valence-corrected chi connectivity index (χ3v) is 2.76. The number of rotatable bonds is 6. The quantitative estimate of drug-likeness (QED) is 0.815. The summed E-state index contributed by atoms with van der Waals surface area (Å²) in [7, 11) is 0. The van der Waals surface area contributed by atoms with E-state index in [1.807, 2.05) is 12.3 Å². The molecule has 0 amide bonds. The molecular weight excluding hydrogens is 248 g/mol. The van der Waals surface area contributed by atoms with Crippen molar-refractivity contribution in [1.82, 2.24) is 20.1 Å². The fraction of sp³-hybridized carbons (Fsp3) is 0.385. The highest BCUT2D eigenvalue weighted by atomic mass is 35.5. The Hall–Kier alpha value is -1.39. The lowest BCUT2D eigenvalue weighted by atomic mass is 10.2. The van der Waals surface area contributed by atoms with Gasteiger partial charge in [-0.1, -0.05) is 24.6 Å². The first-order valence-electron chi connectivity index (χ1n) is 6.10. The molecular formula is C13H17ClN4. The number of hydrogen-bond donors (Lipinski definition) is 1. The first-order chi connectivity index (χ1) is 8.78. The minimum absolute atomic E-state index is 0.648. The first-order valence-corrected chi connectivity index (χ1v) is 6.48. The highest BCUT2D eigenvalue weighted by Crippen LogP contribution is 2.07. The van der Waals surface area contributed by atoms with E-state index < -0.39 is 0 Å². The van der Waals surface area contributed by atoms with Crippen molar-refractivity contribution >= 4 is 11.6 Å². The van der Waals surface area contributed by atoms with Gasteiger partial charge in [-0.25, -0.2) is 0 Å². The Morgan fingerprint density at radius 3 is 2.83 bits per heavy atom. The van der Waals surface area contributed by atoms with Gasteiger partial charge in [-0.05, 0) is 24.6 Å². The monoisotopic (exact) mass is 264 g/mol. The largest absolute Gasteiger partial charge is 0.313 e. The van der Waals surface area contributed by atoms with Gasteiger partial charge in [0.25, 0.3) is 0 Å². The van der Waals surface area contributed by atoms with E-state index in [4.69, 9.17) is 11.6 Å². The van der Waals surface area contributed by atoms with Gasteiger partial charge >= 0.3 is 0 Å². The van der Waals surface area contributed by atoms with E-state index in [1.54, 1.807) is 17.1 Å². The van der Waals surface area contributed by atoms with Crippen LogP contribution in [-0.2, 0) is 13.1 Å². The van der Waals surface area contributed by atoms with Gasteiger partial charge in [-0.2, -0.15) is 5.10 Å². The topological polar surface area (TPSA) is 42.7 Å². The summed E-state index contributed by atoms with van der Waals surface area (Å²) in [6.07, 6.45) is 6.47. The fourth-order valence-electron chi connectivity index (χ4n) is 1.65. The van der Waals surface area contributed by atoms with E-state index in [1.165, 1.54) is 5.56 Å². The molecule has 96 valence electrons. The van der Waals surface area contributed by atoms with Crippen LogP contribution in [0, 0.1) is 0 Å². The van der Waals surface area contributed by atoms with Crippen molar-refractivity contribution in [3.05, 3.63) is 47.0 Å². The summed E-state index contributed by atoms with van der Waals surface area (Å²) in [5.41, 5.74) is 2.18. The zero-order chi connectivity index (χ0) is 12.8. The SMILES string of the molecule is CCCNCc1ccc(Cn2cc(Cl)cn2)nc1. The van der Waals surface area contributed by atoms with Crippen molar-refractivity contribution in [2.45, 2.75) is 26.4 Å². The second kappa shape index (κ2) is 6.52. The summed E-state index contributed by atoms with van der Waals surface area (Å²) in [5, 5.41) is 8.12. The molecule has 0 atom stereocenters. The van der Waals surface area contributed by atoms with Crippen molar-refractivity contribution in [1.29, 1.82) is 0 Å². The first kappa shape index (κ1) is 13.1. The standard InChI is InChI=1S/C13H17ClN4/c1-2-5-15-6-11-3-4-13(16-7-11)10-18-9-12(14)8-17-18/h3-4,7-9,15H,2,5-6,10H2,1H3. The van der Waals surface area contributed by atoms with E-state index in [9.17, 15) is 0 Å². The van der Waals surface area contributed by atoms with Crippen molar-refractivity contribution < 1.29 is 0 Å². The maximum Gasteiger partial charge on any atom is 0.0831 e. The van der Waals surface area contributed by atoms with Crippen LogP contribution in [0.3, 0.4) is 0 Å². The highest BCUT2D eigenvalue weighted by molar-refractivity contribution is 6.30. The zero-order valence-electron chi connectivity index (χ0n) is 10.4. The Morgan fingerprint density at radius 1 is 1.33 bits per heavy atom. The minimum atomic E-state index is 0.648. The van der Waals surface area contributed by atoms with Crippen molar-refractivity contribution in [3.8, 4) is 0 Å². The number of halogens is 1. The number of aromatic nitrogens is 3. The Labute approximate surface area is 112 Å². The maximum atomic E-state index is 5.81. The summed E-state index contributed by atoms with van der Waals surface area (Å²) in [4.78, 5) is 4.42. The predicted octanol–water partition coefficient (Wildman–Crippen LogP) is 2.48. The molecule has 0 bridgehead atoms. The predicted molar refractivity (Wildman–Crippen MR) is 72.6 cm³/mol. The van der Waals surface area contributed by atoms with Crippen LogP contribution < -0.4 is 5.32 Å². The molecule has 5 heteroatoms. The molecule has 0 unspecified atom stereocenters. The Morgan fingerprint density at radius 2 is 2.22 bits per heavy atom. The Kier molecular flexibility index (Phi) is 4.73. The van der Waals surface area contributed by atoms with Crippen molar-refractivity contribution in [2.75, 3.05) is 6.54 Å². The summed E-state index contributed by atoms with van der Waals surface area (Å²) < 4.78 is 1.78. The average molecular weight is 265 g/mol. The molecule has 2 rings (SSSR count). The molecule has 0 saturated carbocycles. The van der Waals surface area contributed by atoms with Gasteiger partial charge in [0.1, 0.15) is 0 Å². The summed E-state index contributed by atoms with van der Waals surface area (Å²) in [6.45, 7) is 4.71. The minimum Gasteiger partial charge on any atom is -0.313 e. The fourth-order valence-corrected chi connectivity index (χ4v) is 1.81. The van der Waals surface area contributed by atoms with Gasteiger partial charge < -0.3 is 5.32 Å². The van der Waals surface area contributed by atoms with Crippen LogP contribution in [0.4, 0.5) is 0 Å². The molecule has 0 aromatic carbocycles. The number of nitrogens with one attached hydrogen (secondary N) is 1.